The van der Waals surface area contributed by atoms with Crippen LogP contribution in [0, 0.1) is 0 Å². The SMILES string of the molecule is CNc1ccc(C(=O)NCC(C)S(C)=O)nc1. The third kappa shape index (κ3) is 4.14. The summed E-state index contributed by atoms with van der Waals surface area (Å²) in [4.78, 5) is 15.7. The summed E-state index contributed by atoms with van der Waals surface area (Å²) in [5.41, 5.74) is 1.21. The van der Waals surface area contributed by atoms with Crippen LogP contribution in [0.4, 0.5) is 5.69 Å². The van der Waals surface area contributed by atoms with Crippen LogP contribution in [0.5, 0.6) is 0 Å². The zero-order chi connectivity index (χ0) is 12.8. The molecule has 0 fully saturated rings. The molecule has 0 spiro atoms. The largest absolute Gasteiger partial charge is 0.387 e. The van der Waals surface area contributed by atoms with Gasteiger partial charge in [0.15, 0.2) is 0 Å². The maximum atomic E-state index is 11.7. The summed E-state index contributed by atoms with van der Waals surface area (Å²) in [5, 5.41) is 5.57. The monoisotopic (exact) mass is 255 g/mol. The van der Waals surface area contributed by atoms with Crippen molar-refractivity contribution in [2.45, 2.75) is 12.2 Å². The summed E-state index contributed by atoms with van der Waals surface area (Å²) >= 11 is 0. The van der Waals surface area contributed by atoms with Gasteiger partial charge in [0.1, 0.15) is 5.69 Å². The van der Waals surface area contributed by atoms with Crippen LogP contribution in [-0.2, 0) is 10.8 Å². The van der Waals surface area contributed by atoms with E-state index >= 15 is 0 Å². The highest BCUT2D eigenvalue weighted by Crippen LogP contribution is 2.04. The molecule has 0 aliphatic heterocycles. The van der Waals surface area contributed by atoms with E-state index in [4.69, 9.17) is 0 Å². The first-order valence-electron chi connectivity index (χ1n) is 5.29. The van der Waals surface area contributed by atoms with Crippen molar-refractivity contribution in [2.24, 2.45) is 0 Å². The Labute approximate surface area is 103 Å². The van der Waals surface area contributed by atoms with Crippen LogP contribution >= 0.6 is 0 Å². The number of amides is 1. The van der Waals surface area contributed by atoms with Gasteiger partial charge in [-0.15, -0.1) is 0 Å². The Kier molecular flexibility index (Phi) is 5.09. The van der Waals surface area contributed by atoms with Crippen molar-refractivity contribution >= 4 is 22.4 Å². The summed E-state index contributed by atoms with van der Waals surface area (Å²) in [5.74, 6) is -0.245. The Hall–Kier alpha value is -1.43. The van der Waals surface area contributed by atoms with Gasteiger partial charge in [0.05, 0.1) is 11.9 Å². The average molecular weight is 255 g/mol. The second-order valence-electron chi connectivity index (χ2n) is 3.70. The van der Waals surface area contributed by atoms with Gasteiger partial charge in [-0.1, -0.05) is 0 Å². The lowest BCUT2D eigenvalue weighted by molar-refractivity contribution is 0.0949. The predicted octanol–water partition coefficient (Wildman–Crippen LogP) is 0.620. The number of carbonyl (C=O) groups is 1. The van der Waals surface area contributed by atoms with Crippen molar-refractivity contribution in [3.63, 3.8) is 0 Å². The van der Waals surface area contributed by atoms with E-state index < -0.39 is 10.8 Å². The van der Waals surface area contributed by atoms with Crippen molar-refractivity contribution in [3.05, 3.63) is 24.0 Å². The van der Waals surface area contributed by atoms with Gasteiger partial charge < -0.3 is 10.6 Å². The van der Waals surface area contributed by atoms with Crippen LogP contribution in [0.25, 0.3) is 0 Å². The first-order chi connectivity index (χ1) is 8.04. The lowest BCUT2D eigenvalue weighted by Crippen LogP contribution is -2.33. The number of nitrogens with zero attached hydrogens (tertiary/aromatic N) is 1. The van der Waals surface area contributed by atoms with Gasteiger partial charge in [-0.05, 0) is 19.1 Å². The smallest absolute Gasteiger partial charge is 0.269 e. The predicted molar refractivity (Wildman–Crippen MR) is 69.6 cm³/mol. The number of aromatic nitrogens is 1. The van der Waals surface area contributed by atoms with E-state index in [0.29, 0.717) is 12.2 Å². The highest BCUT2D eigenvalue weighted by Gasteiger charge is 2.10. The third-order valence-corrected chi connectivity index (χ3v) is 3.70. The topological polar surface area (TPSA) is 71.1 Å². The molecule has 94 valence electrons. The normalized spacial score (nSPS) is 13.8. The van der Waals surface area contributed by atoms with E-state index in [1.165, 1.54) is 0 Å². The molecule has 0 aliphatic rings. The van der Waals surface area contributed by atoms with E-state index in [1.807, 2.05) is 6.92 Å². The van der Waals surface area contributed by atoms with Gasteiger partial charge in [-0.2, -0.15) is 0 Å². The maximum Gasteiger partial charge on any atom is 0.269 e. The molecule has 0 aromatic carbocycles. The first kappa shape index (κ1) is 13.6. The summed E-state index contributed by atoms with van der Waals surface area (Å²) in [7, 11) is 0.853. The summed E-state index contributed by atoms with van der Waals surface area (Å²) in [6.45, 7) is 2.21. The van der Waals surface area contributed by atoms with Crippen LogP contribution in [0.3, 0.4) is 0 Å². The fraction of sp³-hybridized carbons (Fsp3) is 0.455. The fourth-order valence-electron chi connectivity index (χ4n) is 1.12. The summed E-state index contributed by atoms with van der Waals surface area (Å²) < 4.78 is 11.1. The van der Waals surface area contributed by atoms with E-state index in [2.05, 4.69) is 15.6 Å². The number of rotatable bonds is 5. The van der Waals surface area contributed by atoms with Gasteiger partial charge in [0.25, 0.3) is 5.91 Å². The molecule has 2 unspecified atom stereocenters. The number of anilines is 1. The van der Waals surface area contributed by atoms with E-state index in [1.54, 1.807) is 31.6 Å². The van der Waals surface area contributed by atoms with Crippen LogP contribution in [0.2, 0.25) is 0 Å². The molecular formula is C11H17N3O2S. The molecule has 1 aromatic heterocycles. The molecule has 0 saturated heterocycles. The number of nitrogens with one attached hydrogen (secondary N) is 2. The second-order valence-corrected chi connectivity index (χ2v) is 5.50. The zero-order valence-corrected chi connectivity index (χ0v) is 11.0. The molecule has 1 aromatic rings. The first-order valence-corrected chi connectivity index (χ1v) is 6.91. The molecule has 0 saturated carbocycles. The lowest BCUT2D eigenvalue weighted by Gasteiger charge is -2.09. The molecule has 1 heterocycles. The quantitative estimate of drug-likeness (QED) is 0.809. The minimum Gasteiger partial charge on any atom is -0.387 e. The molecule has 0 bridgehead atoms. The Balaban J connectivity index is 2.55. The number of hydrogen-bond acceptors (Lipinski definition) is 4. The van der Waals surface area contributed by atoms with Gasteiger partial charge in [0, 0.05) is 35.9 Å². The molecule has 0 radical (unpaired) electrons. The highest BCUT2D eigenvalue weighted by atomic mass is 32.2. The van der Waals surface area contributed by atoms with Crippen LogP contribution in [0.1, 0.15) is 17.4 Å². The Morgan fingerprint density at radius 1 is 1.53 bits per heavy atom. The lowest BCUT2D eigenvalue weighted by atomic mass is 10.3. The summed E-state index contributed by atoms with van der Waals surface area (Å²) in [6.07, 6.45) is 3.22. The van der Waals surface area contributed by atoms with Crippen molar-refractivity contribution in [1.29, 1.82) is 0 Å². The number of carbonyl (C=O) groups excluding carboxylic acids is 1. The second kappa shape index (κ2) is 6.34. The van der Waals surface area contributed by atoms with Crippen molar-refractivity contribution < 1.29 is 9.00 Å². The van der Waals surface area contributed by atoms with Crippen molar-refractivity contribution in [2.75, 3.05) is 25.2 Å². The maximum absolute atomic E-state index is 11.7. The standard InChI is InChI=1S/C11H17N3O2S/c1-8(17(3)16)6-14-11(15)10-5-4-9(12-2)7-13-10/h4-5,7-8,12H,6H2,1-3H3,(H,14,15). The fourth-order valence-corrected chi connectivity index (χ4v) is 1.44. The highest BCUT2D eigenvalue weighted by molar-refractivity contribution is 7.84. The molecule has 5 nitrogen and oxygen atoms in total. The molecular weight excluding hydrogens is 238 g/mol. The van der Waals surface area contributed by atoms with Gasteiger partial charge in [0.2, 0.25) is 0 Å². The Morgan fingerprint density at radius 3 is 2.71 bits per heavy atom. The van der Waals surface area contributed by atoms with Crippen molar-refractivity contribution in [1.82, 2.24) is 10.3 Å². The molecule has 2 atom stereocenters. The zero-order valence-electron chi connectivity index (χ0n) is 10.2. The minimum atomic E-state index is -0.933. The Morgan fingerprint density at radius 2 is 2.24 bits per heavy atom. The Bertz CT molecular complexity index is 406. The molecule has 1 rings (SSSR count). The molecule has 0 aliphatic carbocycles. The minimum absolute atomic E-state index is 0.0597. The van der Waals surface area contributed by atoms with Gasteiger partial charge in [-0.3, -0.25) is 9.00 Å². The molecule has 17 heavy (non-hydrogen) atoms. The average Bonchev–Trinajstić information content (AvgIpc) is 2.35. The number of pyridine rings is 1. The molecule has 2 N–H and O–H groups in total. The van der Waals surface area contributed by atoms with E-state index in [0.717, 1.165) is 5.69 Å². The molecule has 1 amide bonds. The molecule has 6 heteroatoms. The van der Waals surface area contributed by atoms with Crippen LogP contribution in [0.15, 0.2) is 18.3 Å². The van der Waals surface area contributed by atoms with Crippen LogP contribution < -0.4 is 10.6 Å². The third-order valence-electron chi connectivity index (χ3n) is 2.40. The van der Waals surface area contributed by atoms with Gasteiger partial charge >= 0.3 is 0 Å². The van der Waals surface area contributed by atoms with Gasteiger partial charge in [-0.25, -0.2) is 4.98 Å². The summed E-state index contributed by atoms with van der Waals surface area (Å²) in [6, 6.07) is 3.43. The van der Waals surface area contributed by atoms with Crippen molar-refractivity contribution in [3.8, 4) is 0 Å². The van der Waals surface area contributed by atoms with E-state index in [-0.39, 0.29) is 11.2 Å². The van der Waals surface area contributed by atoms with Crippen LogP contribution in [-0.4, -0.2) is 40.2 Å². The van der Waals surface area contributed by atoms with E-state index in [9.17, 15) is 9.00 Å². The number of hydrogen-bond donors (Lipinski definition) is 2.